The van der Waals surface area contributed by atoms with Crippen LogP contribution in [-0.4, -0.2) is 77.0 Å². The van der Waals surface area contributed by atoms with Crippen molar-refractivity contribution in [3.05, 3.63) is 37.2 Å². The van der Waals surface area contributed by atoms with E-state index in [2.05, 4.69) is 51.3 Å². The number of amides is 1. The second-order valence-corrected chi connectivity index (χ2v) is 19.6. The summed E-state index contributed by atoms with van der Waals surface area (Å²) < 4.78 is 14.0. The molecule has 2 aliphatic heterocycles. The van der Waals surface area contributed by atoms with Crippen molar-refractivity contribution in [1.82, 2.24) is 24.4 Å². The minimum Gasteiger partial charge on any atom is -0.444 e. The lowest BCUT2D eigenvalue weighted by Crippen LogP contribution is -2.52. The lowest BCUT2D eigenvalue weighted by atomic mass is 9.72. The van der Waals surface area contributed by atoms with Crippen LogP contribution in [0.15, 0.2) is 37.2 Å². The van der Waals surface area contributed by atoms with Gasteiger partial charge in [0, 0.05) is 82.5 Å². The number of nitrogens with zero attached hydrogens (tertiary/aromatic N) is 6. The molecule has 0 saturated carbocycles. The summed E-state index contributed by atoms with van der Waals surface area (Å²) in [6.45, 7) is 17.6. The first kappa shape index (κ1) is 29.5. The number of anilines is 1. The normalized spacial score (nSPS) is 17.8. The van der Waals surface area contributed by atoms with Crippen LogP contribution in [0.4, 0.5) is 10.5 Å². The van der Waals surface area contributed by atoms with E-state index in [1.807, 2.05) is 44.3 Å². The highest BCUT2D eigenvalue weighted by molar-refractivity contribution is 6.76. The molecule has 3 aromatic heterocycles. The van der Waals surface area contributed by atoms with Gasteiger partial charge in [-0.05, 0) is 64.0 Å². The van der Waals surface area contributed by atoms with Crippen LogP contribution in [0.1, 0.15) is 46.5 Å². The summed E-state index contributed by atoms with van der Waals surface area (Å²) in [5.74, 6) is 0. The Morgan fingerprint density at radius 3 is 2.49 bits per heavy atom. The van der Waals surface area contributed by atoms with E-state index in [-0.39, 0.29) is 11.5 Å². The van der Waals surface area contributed by atoms with Gasteiger partial charge in [-0.3, -0.25) is 0 Å². The van der Waals surface area contributed by atoms with Gasteiger partial charge in [-0.1, -0.05) is 19.6 Å². The molecule has 5 heterocycles. The van der Waals surface area contributed by atoms with Crippen molar-refractivity contribution in [2.24, 2.45) is 5.41 Å². The van der Waals surface area contributed by atoms with Crippen molar-refractivity contribution in [2.45, 2.75) is 84.5 Å². The number of rotatable bonds is 7. The number of pyridine rings is 1. The zero-order valence-corrected chi connectivity index (χ0v) is 26.7. The first-order chi connectivity index (χ1) is 19.4. The Balaban J connectivity index is 1.37. The topological polar surface area (TPSA) is 85.6 Å². The number of hydrogen-bond donors (Lipinski definition) is 0. The fraction of sp³-hybridized carbons (Fsp3) is 0.613. The molecule has 41 heavy (non-hydrogen) atoms. The predicted octanol–water partition coefficient (Wildman–Crippen LogP) is 6.42. The van der Waals surface area contributed by atoms with Crippen LogP contribution >= 0.6 is 0 Å². The molecule has 0 aliphatic carbocycles. The number of ether oxygens (including phenoxy) is 2. The number of carbonyl (C=O) groups excluding carboxylic acids is 1. The Kier molecular flexibility index (Phi) is 8.43. The van der Waals surface area contributed by atoms with Crippen molar-refractivity contribution in [1.29, 1.82) is 0 Å². The average Bonchev–Trinajstić information content (AvgIpc) is 3.30. The number of carbonyl (C=O) groups is 1. The second-order valence-electron chi connectivity index (χ2n) is 14.0. The standard InChI is InChI=1S/C31H46N6O3Si/c1-30(2,3)40-29(38)36-13-7-9-31(21-36)10-14-35(15-11-31)26-8-12-34-28-27(26)25(24-18-32-22-33-19-24)20-37(28)23-39-16-17-41(4,5)6/h8,12,18-20,22H,7,9-11,13-17,21,23H2,1-6H3. The van der Waals surface area contributed by atoms with Gasteiger partial charge in [0.15, 0.2) is 0 Å². The predicted molar refractivity (Wildman–Crippen MR) is 166 cm³/mol. The third-order valence-electron chi connectivity index (χ3n) is 8.31. The van der Waals surface area contributed by atoms with Crippen LogP contribution in [-0.2, 0) is 16.2 Å². The van der Waals surface area contributed by atoms with Crippen molar-refractivity contribution in [3.63, 3.8) is 0 Å². The molecule has 2 aliphatic rings. The Hall–Kier alpha value is -2.98. The van der Waals surface area contributed by atoms with Crippen LogP contribution in [0.5, 0.6) is 0 Å². The van der Waals surface area contributed by atoms with E-state index < -0.39 is 13.7 Å². The minimum atomic E-state index is -1.17. The van der Waals surface area contributed by atoms with Gasteiger partial charge in [0.2, 0.25) is 0 Å². The van der Waals surface area contributed by atoms with Gasteiger partial charge >= 0.3 is 6.09 Å². The number of piperidine rings is 2. The van der Waals surface area contributed by atoms with E-state index >= 15 is 0 Å². The molecule has 0 N–H and O–H groups in total. The molecule has 222 valence electrons. The van der Waals surface area contributed by atoms with Gasteiger partial charge in [0.25, 0.3) is 0 Å². The number of fused-ring (bicyclic) bond motifs is 1. The molecule has 0 unspecified atom stereocenters. The van der Waals surface area contributed by atoms with Crippen LogP contribution in [0.25, 0.3) is 22.2 Å². The van der Waals surface area contributed by atoms with Crippen LogP contribution in [0.2, 0.25) is 25.7 Å². The second kappa shape index (κ2) is 11.7. The Morgan fingerprint density at radius 1 is 1.07 bits per heavy atom. The summed E-state index contributed by atoms with van der Waals surface area (Å²) in [6, 6.07) is 3.27. The van der Waals surface area contributed by atoms with Crippen LogP contribution < -0.4 is 4.90 Å². The quantitative estimate of drug-likeness (QED) is 0.236. The van der Waals surface area contributed by atoms with Crippen molar-refractivity contribution >= 4 is 30.9 Å². The van der Waals surface area contributed by atoms with Gasteiger partial charge in [-0.15, -0.1) is 0 Å². The highest BCUT2D eigenvalue weighted by Gasteiger charge is 2.41. The van der Waals surface area contributed by atoms with Crippen molar-refractivity contribution < 1.29 is 14.3 Å². The van der Waals surface area contributed by atoms with E-state index in [9.17, 15) is 4.79 Å². The molecule has 10 heteroatoms. The maximum Gasteiger partial charge on any atom is 0.410 e. The number of likely N-dealkylation sites (tertiary alicyclic amines) is 1. The van der Waals surface area contributed by atoms with E-state index in [0.717, 1.165) is 86.7 Å². The van der Waals surface area contributed by atoms with Gasteiger partial charge in [0.05, 0.1) is 5.39 Å². The smallest absolute Gasteiger partial charge is 0.410 e. The van der Waals surface area contributed by atoms with E-state index in [0.29, 0.717) is 6.73 Å². The van der Waals surface area contributed by atoms with Crippen LogP contribution in [0, 0.1) is 5.41 Å². The van der Waals surface area contributed by atoms with E-state index in [4.69, 9.17) is 14.5 Å². The molecule has 3 aromatic rings. The molecule has 0 radical (unpaired) electrons. The first-order valence-electron chi connectivity index (χ1n) is 15.0. The van der Waals surface area contributed by atoms with E-state index in [1.165, 1.54) is 5.69 Å². The van der Waals surface area contributed by atoms with Gasteiger partial charge in [-0.2, -0.15) is 0 Å². The van der Waals surface area contributed by atoms with Crippen molar-refractivity contribution in [3.8, 4) is 11.1 Å². The summed E-state index contributed by atoms with van der Waals surface area (Å²) in [7, 11) is -1.17. The molecular formula is C31H46N6O3Si. The maximum atomic E-state index is 12.9. The number of aromatic nitrogens is 4. The Morgan fingerprint density at radius 2 is 1.80 bits per heavy atom. The van der Waals surface area contributed by atoms with Crippen LogP contribution in [0.3, 0.4) is 0 Å². The molecule has 5 rings (SSSR count). The third-order valence-corrected chi connectivity index (χ3v) is 10.0. The third kappa shape index (κ3) is 7.09. The fourth-order valence-corrected chi connectivity index (χ4v) is 6.84. The van der Waals surface area contributed by atoms with Gasteiger partial charge in [-0.25, -0.2) is 19.7 Å². The molecule has 0 bridgehead atoms. The van der Waals surface area contributed by atoms with E-state index in [1.54, 1.807) is 6.33 Å². The average molecular weight is 579 g/mol. The summed E-state index contributed by atoms with van der Waals surface area (Å²) in [6.07, 6.45) is 13.4. The zero-order valence-electron chi connectivity index (χ0n) is 25.7. The molecule has 2 fully saturated rings. The monoisotopic (exact) mass is 578 g/mol. The lowest BCUT2D eigenvalue weighted by molar-refractivity contribution is -0.000516. The molecule has 1 amide bonds. The summed E-state index contributed by atoms with van der Waals surface area (Å²) in [4.78, 5) is 30.7. The molecule has 2 saturated heterocycles. The van der Waals surface area contributed by atoms with Gasteiger partial charge < -0.3 is 23.8 Å². The molecule has 1 spiro atoms. The highest BCUT2D eigenvalue weighted by atomic mass is 28.3. The Bertz CT molecular complexity index is 1340. The Labute approximate surface area is 245 Å². The van der Waals surface area contributed by atoms with Crippen molar-refractivity contribution in [2.75, 3.05) is 37.7 Å². The largest absolute Gasteiger partial charge is 0.444 e. The molecule has 0 atom stereocenters. The SMILES string of the molecule is CC(C)(C)OC(=O)N1CCCC2(CCN(c3ccnc4c3c(-c3cncnc3)cn4COCC[Si](C)(C)C)CC2)C1. The fourth-order valence-electron chi connectivity index (χ4n) is 6.08. The zero-order chi connectivity index (χ0) is 29.3. The summed E-state index contributed by atoms with van der Waals surface area (Å²) in [5.41, 5.74) is 3.82. The first-order valence-corrected chi connectivity index (χ1v) is 18.7. The summed E-state index contributed by atoms with van der Waals surface area (Å²) in [5, 5.41) is 1.12. The molecule has 0 aromatic carbocycles. The molecular weight excluding hydrogens is 532 g/mol. The lowest BCUT2D eigenvalue weighted by Gasteiger charge is -2.48. The number of hydrogen-bond acceptors (Lipinski definition) is 7. The molecule has 9 nitrogen and oxygen atoms in total. The highest BCUT2D eigenvalue weighted by Crippen LogP contribution is 2.43. The maximum absolute atomic E-state index is 12.9. The van der Waals surface area contributed by atoms with Gasteiger partial charge in [0.1, 0.15) is 24.3 Å². The summed E-state index contributed by atoms with van der Waals surface area (Å²) >= 11 is 0. The minimum absolute atomic E-state index is 0.143.